The van der Waals surface area contributed by atoms with Gasteiger partial charge in [-0.15, -0.1) is 11.8 Å². The molecule has 220 valence electrons. The van der Waals surface area contributed by atoms with E-state index >= 15 is 0 Å². The Bertz CT molecular complexity index is 1680. The SMILES string of the molecule is CCC(Sc1cccc(NC(=O)/C(=C\c2cccc(Cl)c2Cl)NC(=O)c2ccccc2)c1)C(=O)Nc1cc(C)ccc1C. The fourth-order valence-electron chi connectivity index (χ4n) is 4.15. The minimum Gasteiger partial charge on any atom is -0.325 e. The number of carbonyl (C=O) groups is 3. The fraction of sp³-hybridized carbons (Fsp3) is 0.147. The second-order valence-electron chi connectivity index (χ2n) is 9.83. The van der Waals surface area contributed by atoms with Gasteiger partial charge in [0.2, 0.25) is 5.91 Å². The van der Waals surface area contributed by atoms with E-state index in [1.54, 1.807) is 66.7 Å². The number of rotatable bonds is 10. The minimum atomic E-state index is -0.554. The zero-order valence-electron chi connectivity index (χ0n) is 23.9. The van der Waals surface area contributed by atoms with Crippen molar-refractivity contribution < 1.29 is 14.4 Å². The Hall–Kier alpha value is -4.04. The van der Waals surface area contributed by atoms with Crippen LogP contribution in [-0.2, 0) is 9.59 Å². The fourth-order valence-corrected chi connectivity index (χ4v) is 5.52. The molecule has 0 aliphatic carbocycles. The second kappa shape index (κ2) is 14.9. The van der Waals surface area contributed by atoms with Gasteiger partial charge in [-0.05, 0) is 85.5 Å². The van der Waals surface area contributed by atoms with Crippen molar-refractivity contribution in [2.45, 2.75) is 37.3 Å². The molecule has 4 aromatic rings. The zero-order valence-corrected chi connectivity index (χ0v) is 26.2. The van der Waals surface area contributed by atoms with Gasteiger partial charge in [-0.2, -0.15) is 0 Å². The first-order valence-electron chi connectivity index (χ1n) is 13.6. The number of thioether (sulfide) groups is 1. The van der Waals surface area contributed by atoms with Crippen LogP contribution in [0.25, 0.3) is 6.08 Å². The number of hydrogen-bond donors (Lipinski definition) is 3. The van der Waals surface area contributed by atoms with Crippen LogP contribution < -0.4 is 16.0 Å². The number of benzene rings is 4. The molecule has 0 saturated carbocycles. The van der Waals surface area contributed by atoms with E-state index in [0.29, 0.717) is 28.3 Å². The zero-order chi connectivity index (χ0) is 30.9. The molecule has 4 rings (SSSR count). The van der Waals surface area contributed by atoms with E-state index in [-0.39, 0.29) is 21.9 Å². The van der Waals surface area contributed by atoms with E-state index < -0.39 is 11.8 Å². The lowest BCUT2D eigenvalue weighted by molar-refractivity contribution is -0.116. The van der Waals surface area contributed by atoms with Crippen molar-refractivity contribution in [3.05, 3.63) is 129 Å². The van der Waals surface area contributed by atoms with E-state index in [4.69, 9.17) is 23.2 Å². The molecule has 43 heavy (non-hydrogen) atoms. The molecule has 9 heteroatoms. The maximum absolute atomic E-state index is 13.5. The first-order chi connectivity index (χ1) is 20.6. The Kier molecular flexibility index (Phi) is 11.1. The standard InChI is InChI=1S/C34H31Cl2N3O3S/c1-4-30(34(42)38-28-18-21(2)16-17-22(28)3)43-26-14-9-13-25(20-26)37-33(41)29(19-24-12-8-15-27(35)31(24)36)39-32(40)23-10-6-5-7-11-23/h5-20,30H,4H2,1-3H3,(H,37,41)(H,38,42)(H,39,40)/b29-19+. The predicted molar refractivity (Wildman–Crippen MR) is 178 cm³/mol. The number of carbonyl (C=O) groups excluding carboxylic acids is 3. The van der Waals surface area contributed by atoms with E-state index in [9.17, 15) is 14.4 Å². The highest BCUT2D eigenvalue weighted by atomic mass is 35.5. The first kappa shape index (κ1) is 31.9. The molecule has 0 aromatic heterocycles. The molecular formula is C34H31Cl2N3O3S. The van der Waals surface area contributed by atoms with Crippen LogP contribution in [0.1, 0.15) is 40.4 Å². The molecule has 0 spiro atoms. The van der Waals surface area contributed by atoms with Crippen LogP contribution in [0.15, 0.2) is 102 Å². The average molecular weight is 633 g/mol. The predicted octanol–water partition coefficient (Wildman–Crippen LogP) is 8.53. The quantitative estimate of drug-likeness (QED) is 0.121. The molecule has 0 aliphatic heterocycles. The summed E-state index contributed by atoms with van der Waals surface area (Å²) in [4.78, 5) is 40.4. The average Bonchev–Trinajstić information content (AvgIpc) is 3.00. The molecule has 3 N–H and O–H groups in total. The summed E-state index contributed by atoms with van der Waals surface area (Å²) >= 11 is 14.0. The van der Waals surface area contributed by atoms with Crippen LogP contribution in [0.2, 0.25) is 10.0 Å². The highest BCUT2D eigenvalue weighted by Crippen LogP contribution is 2.30. The van der Waals surface area contributed by atoms with Gasteiger partial charge in [0.1, 0.15) is 5.70 Å². The third-order valence-electron chi connectivity index (χ3n) is 6.49. The lowest BCUT2D eigenvalue weighted by Crippen LogP contribution is -2.30. The van der Waals surface area contributed by atoms with Crippen molar-refractivity contribution in [2.24, 2.45) is 0 Å². The van der Waals surface area contributed by atoms with Gasteiger partial charge >= 0.3 is 0 Å². The van der Waals surface area contributed by atoms with Gasteiger partial charge in [-0.1, -0.05) is 78.7 Å². The molecule has 4 aromatic carbocycles. The van der Waals surface area contributed by atoms with Gasteiger partial charge in [0, 0.05) is 21.8 Å². The lowest BCUT2D eigenvalue weighted by Gasteiger charge is -2.17. The Morgan fingerprint density at radius 1 is 0.860 bits per heavy atom. The number of anilines is 2. The van der Waals surface area contributed by atoms with Crippen LogP contribution in [0.5, 0.6) is 0 Å². The lowest BCUT2D eigenvalue weighted by atomic mass is 10.1. The van der Waals surface area contributed by atoms with Crippen molar-refractivity contribution in [2.75, 3.05) is 10.6 Å². The van der Waals surface area contributed by atoms with E-state index in [2.05, 4.69) is 16.0 Å². The Labute approximate surface area is 265 Å². The summed E-state index contributed by atoms with van der Waals surface area (Å²) < 4.78 is 0. The van der Waals surface area contributed by atoms with Crippen molar-refractivity contribution in [3.63, 3.8) is 0 Å². The molecule has 0 fully saturated rings. The first-order valence-corrected chi connectivity index (χ1v) is 15.3. The minimum absolute atomic E-state index is 0.0181. The molecule has 0 aliphatic rings. The summed E-state index contributed by atoms with van der Waals surface area (Å²) in [5.74, 6) is -1.10. The topological polar surface area (TPSA) is 87.3 Å². The summed E-state index contributed by atoms with van der Waals surface area (Å²) in [7, 11) is 0. The summed E-state index contributed by atoms with van der Waals surface area (Å²) in [6, 6.07) is 26.8. The summed E-state index contributed by atoms with van der Waals surface area (Å²) in [6.45, 7) is 5.90. The van der Waals surface area contributed by atoms with E-state index in [0.717, 1.165) is 21.7 Å². The Morgan fingerprint density at radius 2 is 1.60 bits per heavy atom. The van der Waals surface area contributed by atoms with E-state index in [1.165, 1.54) is 17.8 Å². The summed E-state index contributed by atoms with van der Waals surface area (Å²) in [5, 5.41) is 8.83. The molecule has 0 saturated heterocycles. The largest absolute Gasteiger partial charge is 0.325 e. The van der Waals surface area contributed by atoms with Crippen LogP contribution in [0, 0.1) is 13.8 Å². The summed E-state index contributed by atoms with van der Waals surface area (Å²) in [6.07, 6.45) is 2.09. The highest BCUT2D eigenvalue weighted by Gasteiger charge is 2.20. The van der Waals surface area contributed by atoms with Crippen LogP contribution in [0.3, 0.4) is 0 Å². The Balaban J connectivity index is 1.53. The number of aryl methyl sites for hydroxylation is 2. The van der Waals surface area contributed by atoms with Gasteiger partial charge in [0.05, 0.1) is 15.3 Å². The van der Waals surface area contributed by atoms with Gasteiger partial charge < -0.3 is 16.0 Å². The van der Waals surface area contributed by atoms with Crippen molar-refractivity contribution in [3.8, 4) is 0 Å². The van der Waals surface area contributed by atoms with E-state index in [1.807, 2.05) is 45.0 Å². The number of hydrogen-bond acceptors (Lipinski definition) is 4. The maximum atomic E-state index is 13.5. The van der Waals surface area contributed by atoms with Crippen LogP contribution >= 0.6 is 35.0 Å². The van der Waals surface area contributed by atoms with Crippen LogP contribution in [0.4, 0.5) is 11.4 Å². The van der Waals surface area contributed by atoms with Gasteiger partial charge in [0.15, 0.2) is 0 Å². The number of nitrogens with one attached hydrogen (secondary N) is 3. The number of halogens is 2. The molecular weight excluding hydrogens is 601 g/mol. The van der Waals surface area contributed by atoms with Crippen molar-refractivity contribution in [1.82, 2.24) is 5.32 Å². The molecule has 3 amide bonds. The highest BCUT2D eigenvalue weighted by molar-refractivity contribution is 8.00. The molecule has 6 nitrogen and oxygen atoms in total. The maximum Gasteiger partial charge on any atom is 0.272 e. The third-order valence-corrected chi connectivity index (χ3v) is 8.69. The summed E-state index contributed by atoms with van der Waals surface area (Å²) in [5.41, 5.74) is 4.19. The van der Waals surface area contributed by atoms with Crippen molar-refractivity contribution >= 4 is 70.1 Å². The van der Waals surface area contributed by atoms with Gasteiger partial charge in [-0.25, -0.2) is 0 Å². The molecule has 0 bridgehead atoms. The molecule has 0 heterocycles. The van der Waals surface area contributed by atoms with Gasteiger partial charge in [0.25, 0.3) is 11.8 Å². The second-order valence-corrected chi connectivity index (χ2v) is 11.9. The molecule has 1 unspecified atom stereocenters. The third kappa shape index (κ3) is 8.74. The van der Waals surface area contributed by atoms with Gasteiger partial charge in [-0.3, -0.25) is 14.4 Å². The molecule has 0 radical (unpaired) electrons. The smallest absolute Gasteiger partial charge is 0.272 e. The number of amides is 3. The Morgan fingerprint density at radius 3 is 2.35 bits per heavy atom. The molecule has 1 atom stereocenters. The monoisotopic (exact) mass is 631 g/mol. The van der Waals surface area contributed by atoms with Crippen molar-refractivity contribution in [1.29, 1.82) is 0 Å². The normalized spacial score (nSPS) is 11.9. The van der Waals surface area contributed by atoms with Crippen LogP contribution in [-0.4, -0.2) is 23.0 Å².